The number of anilines is 1. The summed E-state index contributed by atoms with van der Waals surface area (Å²) in [7, 11) is 0. The molecular formula is C24H22N2O. The molecule has 0 bridgehead atoms. The molecule has 0 spiro atoms. The van der Waals surface area contributed by atoms with Gasteiger partial charge in [0.2, 0.25) is 0 Å². The Balaban J connectivity index is 1.92. The second kappa shape index (κ2) is 8.33. The van der Waals surface area contributed by atoms with Crippen LogP contribution in [0.2, 0.25) is 0 Å². The van der Waals surface area contributed by atoms with Crippen LogP contribution < -0.4 is 5.32 Å². The van der Waals surface area contributed by atoms with E-state index in [1.807, 2.05) is 60.7 Å². The molecule has 0 aliphatic heterocycles. The molecule has 0 saturated heterocycles. The number of rotatable bonds is 5. The van der Waals surface area contributed by atoms with Crippen molar-refractivity contribution in [3.63, 3.8) is 0 Å². The number of nitrogens with one attached hydrogen (secondary N) is 1. The lowest BCUT2D eigenvalue weighted by Gasteiger charge is -2.12. The van der Waals surface area contributed by atoms with Crippen LogP contribution in [0.4, 0.5) is 5.69 Å². The quantitative estimate of drug-likeness (QED) is 0.648. The summed E-state index contributed by atoms with van der Waals surface area (Å²) in [6, 6.07) is 23.4. The van der Waals surface area contributed by atoms with E-state index < -0.39 is 0 Å². The van der Waals surface area contributed by atoms with E-state index in [4.69, 9.17) is 0 Å². The van der Waals surface area contributed by atoms with Gasteiger partial charge in [-0.3, -0.25) is 4.79 Å². The van der Waals surface area contributed by atoms with Gasteiger partial charge in [-0.25, -0.2) is 0 Å². The number of aryl methyl sites for hydroxylation is 2. The van der Waals surface area contributed by atoms with E-state index >= 15 is 0 Å². The van der Waals surface area contributed by atoms with Crippen molar-refractivity contribution in [2.45, 2.75) is 26.7 Å². The summed E-state index contributed by atoms with van der Waals surface area (Å²) >= 11 is 0. The number of nitrogens with zero attached hydrogens (tertiary/aromatic N) is 1. The lowest BCUT2D eigenvalue weighted by molar-refractivity contribution is 0.102. The third-order valence-corrected chi connectivity index (χ3v) is 4.73. The molecule has 0 aliphatic rings. The number of benzene rings is 3. The molecule has 3 heteroatoms. The first-order valence-electron chi connectivity index (χ1n) is 9.19. The van der Waals surface area contributed by atoms with Crippen molar-refractivity contribution in [3.8, 4) is 17.2 Å². The summed E-state index contributed by atoms with van der Waals surface area (Å²) in [5.41, 5.74) is 6.03. The highest BCUT2D eigenvalue weighted by Crippen LogP contribution is 2.26. The first-order chi connectivity index (χ1) is 13.2. The molecule has 3 aromatic rings. The van der Waals surface area contributed by atoms with Gasteiger partial charge >= 0.3 is 0 Å². The third kappa shape index (κ3) is 4.07. The van der Waals surface area contributed by atoms with Gasteiger partial charge in [-0.1, -0.05) is 56.3 Å². The summed E-state index contributed by atoms with van der Waals surface area (Å²) < 4.78 is 0. The molecule has 0 heterocycles. The number of carbonyl (C=O) groups is 1. The number of amides is 1. The molecule has 0 unspecified atom stereocenters. The fourth-order valence-corrected chi connectivity index (χ4v) is 3.19. The SMILES string of the molecule is CCc1ccc(C(=O)Nc2cc(-c3ccccc3)ccc2C#N)cc1CC. The standard InChI is InChI=1S/C24H22N2O/c1-3-17-10-12-21(14-18(17)4-2)24(27)26-23-15-20(11-13-22(23)16-25)19-8-6-5-7-9-19/h5-15H,3-4H2,1-2H3,(H,26,27). The van der Waals surface area contributed by atoms with Crippen molar-refractivity contribution < 1.29 is 4.79 Å². The predicted molar refractivity (Wildman–Crippen MR) is 110 cm³/mol. The largest absolute Gasteiger partial charge is 0.321 e. The highest BCUT2D eigenvalue weighted by molar-refractivity contribution is 6.05. The zero-order valence-corrected chi connectivity index (χ0v) is 15.6. The van der Waals surface area contributed by atoms with Gasteiger partial charge in [-0.2, -0.15) is 5.26 Å². The Bertz CT molecular complexity index is 1000. The van der Waals surface area contributed by atoms with Crippen LogP contribution in [-0.2, 0) is 12.8 Å². The Hall–Kier alpha value is -3.38. The summed E-state index contributed by atoms with van der Waals surface area (Å²) in [5, 5.41) is 12.3. The third-order valence-electron chi connectivity index (χ3n) is 4.73. The van der Waals surface area contributed by atoms with Crippen LogP contribution in [0.25, 0.3) is 11.1 Å². The van der Waals surface area contributed by atoms with Crippen LogP contribution in [0.5, 0.6) is 0 Å². The van der Waals surface area contributed by atoms with Gasteiger partial charge in [-0.15, -0.1) is 0 Å². The molecule has 1 amide bonds. The zero-order valence-electron chi connectivity index (χ0n) is 15.6. The predicted octanol–water partition coefficient (Wildman–Crippen LogP) is 5.60. The first kappa shape index (κ1) is 18.4. The molecule has 0 aromatic heterocycles. The van der Waals surface area contributed by atoms with E-state index in [-0.39, 0.29) is 5.91 Å². The minimum atomic E-state index is -0.200. The van der Waals surface area contributed by atoms with Gasteiger partial charge in [0.05, 0.1) is 11.3 Å². The monoisotopic (exact) mass is 354 g/mol. The Kier molecular flexibility index (Phi) is 5.68. The average molecular weight is 354 g/mol. The van der Waals surface area contributed by atoms with Crippen molar-refractivity contribution in [2.75, 3.05) is 5.32 Å². The van der Waals surface area contributed by atoms with Gasteiger partial charge in [0.25, 0.3) is 5.91 Å². The molecule has 134 valence electrons. The molecule has 0 saturated carbocycles. The molecule has 27 heavy (non-hydrogen) atoms. The van der Waals surface area contributed by atoms with E-state index in [1.54, 1.807) is 6.07 Å². The molecule has 0 radical (unpaired) electrons. The lowest BCUT2D eigenvalue weighted by Crippen LogP contribution is -2.13. The minimum absolute atomic E-state index is 0.200. The number of carbonyl (C=O) groups excluding carboxylic acids is 1. The van der Waals surface area contributed by atoms with Crippen LogP contribution in [0.15, 0.2) is 66.7 Å². The van der Waals surface area contributed by atoms with Crippen molar-refractivity contribution in [3.05, 3.63) is 89.0 Å². The highest BCUT2D eigenvalue weighted by atomic mass is 16.1. The molecule has 0 fully saturated rings. The minimum Gasteiger partial charge on any atom is -0.321 e. The molecule has 3 aromatic carbocycles. The molecule has 1 N–H and O–H groups in total. The van der Waals surface area contributed by atoms with Gasteiger partial charge < -0.3 is 5.32 Å². The summed E-state index contributed by atoms with van der Waals surface area (Å²) in [4.78, 5) is 12.8. The maximum atomic E-state index is 12.8. The Morgan fingerprint density at radius 2 is 1.63 bits per heavy atom. The van der Waals surface area contributed by atoms with E-state index in [1.165, 1.54) is 11.1 Å². The summed E-state index contributed by atoms with van der Waals surface area (Å²) in [6.45, 7) is 4.20. The Morgan fingerprint density at radius 1 is 0.889 bits per heavy atom. The second-order valence-corrected chi connectivity index (χ2v) is 6.38. The van der Waals surface area contributed by atoms with Crippen LogP contribution in [0.3, 0.4) is 0 Å². The van der Waals surface area contributed by atoms with Crippen molar-refractivity contribution in [1.29, 1.82) is 5.26 Å². The van der Waals surface area contributed by atoms with Gasteiger partial charge in [0, 0.05) is 5.56 Å². The van der Waals surface area contributed by atoms with E-state index in [9.17, 15) is 10.1 Å². The van der Waals surface area contributed by atoms with E-state index in [2.05, 4.69) is 25.2 Å². The van der Waals surface area contributed by atoms with Gasteiger partial charge in [0.15, 0.2) is 0 Å². The topological polar surface area (TPSA) is 52.9 Å². The number of hydrogen-bond acceptors (Lipinski definition) is 2. The normalized spacial score (nSPS) is 10.3. The first-order valence-corrected chi connectivity index (χ1v) is 9.19. The van der Waals surface area contributed by atoms with Gasteiger partial charge in [0.1, 0.15) is 6.07 Å². The lowest BCUT2D eigenvalue weighted by atomic mass is 9.99. The second-order valence-electron chi connectivity index (χ2n) is 6.38. The molecule has 3 nitrogen and oxygen atoms in total. The molecule has 0 atom stereocenters. The fourth-order valence-electron chi connectivity index (χ4n) is 3.19. The molecule has 0 aliphatic carbocycles. The summed E-state index contributed by atoms with van der Waals surface area (Å²) in [5.74, 6) is -0.200. The van der Waals surface area contributed by atoms with E-state index in [0.717, 1.165) is 24.0 Å². The van der Waals surface area contributed by atoms with Crippen molar-refractivity contribution >= 4 is 11.6 Å². The Morgan fingerprint density at radius 3 is 2.30 bits per heavy atom. The smallest absolute Gasteiger partial charge is 0.255 e. The van der Waals surface area contributed by atoms with Crippen molar-refractivity contribution in [2.24, 2.45) is 0 Å². The Labute approximate surface area is 160 Å². The van der Waals surface area contributed by atoms with Crippen LogP contribution in [0, 0.1) is 11.3 Å². The number of hydrogen-bond donors (Lipinski definition) is 1. The maximum absolute atomic E-state index is 12.8. The van der Waals surface area contributed by atoms with Crippen LogP contribution >= 0.6 is 0 Å². The van der Waals surface area contributed by atoms with Crippen molar-refractivity contribution in [1.82, 2.24) is 0 Å². The van der Waals surface area contributed by atoms with Gasteiger partial charge in [-0.05, 0) is 59.4 Å². The molecule has 3 rings (SSSR count). The zero-order chi connectivity index (χ0) is 19.2. The average Bonchev–Trinajstić information content (AvgIpc) is 2.73. The maximum Gasteiger partial charge on any atom is 0.255 e. The van der Waals surface area contributed by atoms with Crippen LogP contribution in [-0.4, -0.2) is 5.91 Å². The fraction of sp³-hybridized carbons (Fsp3) is 0.167. The molecular weight excluding hydrogens is 332 g/mol. The van der Waals surface area contributed by atoms with Crippen LogP contribution in [0.1, 0.15) is 40.9 Å². The number of nitriles is 1. The van der Waals surface area contributed by atoms with E-state index in [0.29, 0.717) is 16.8 Å². The highest BCUT2D eigenvalue weighted by Gasteiger charge is 2.12. The summed E-state index contributed by atoms with van der Waals surface area (Å²) in [6.07, 6.45) is 1.83.